The first-order valence-electron chi connectivity index (χ1n) is 16.6. The molecule has 14 heteroatoms. The summed E-state index contributed by atoms with van der Waals surface area (Å²) < 4.78 is 7.92. The first-order chi connectivity index (χ1) is 23.3. The van der Waals surface area contributed by atoms with E-state index in [1.165, 1.54) is 23.2 Å². The highest BCUT2D eigenvalue weighted by Gasteiger charge is 2.47. The molecule has 2 aromatic carbocycles. The minimum Gasteiger partial charge on any atom is -0.491 e. The molecule has 259 valence electrons. The van der Waals surface area contributed by atoms with E-state index in [-0.39, 0.29) is 36.2 Å². The van der Waals surface area contributed by atoms with Gasteiger partial charge in [-0.15, -0.1) is 0 Å². The monoisotopic (exact) mass is 687 g/mol. The minimum absolute atomic E-state index is 0.0378. The van der Waals surface area contributed by atoms with Crippen molar-refractivity contribution in [2.75, 3.05) is 20.2 Å². The van der Waals surface area contributed by atoms with E-state index >= 15 is 0 Å². The third kappa shape index (κ3) is 7.63. The number of likely N-dealkylation sites (N-methyl/N-ethyl adjacent to an activating group) is 1. The van der Waals surface area contributed by atoms with Crippen molar-refractivity contribution in [1.82, 2.24) is 30.0 Å². The molecule has 3 N–H and O–H groups in total. The number of rotatable bonds is 5. The molecule has 13 nitrogen and oxygen atoms in total. The van der Waals surface area contributed by atoms with Crippen molar-refractivity contribution in [2.24, 2.45) is 13.0 Å². The molecule has 3 radical (unpaired) electrons. The first kappa shape index (κ1) is 35.6. The SMILES string of the molecule is CC(C)C[C@]1([Si])C(=O)N2CCCC[C@@H]2C(=O)N[C@H](Cc2ccccc2)COc2ccc3ncn(C)c3c2C(=O)N[C@H](C(=O)O)CC(=O)N1C. The number of piperidine rings is 1. The highest BCUT2D eigenvalue weighted by atomic mass is 28.1. The van der Waals surface area contributed by atoms with Gasteiger partial charge in [-0.1, -0.05) is 44.2 Å². The third-order valence-corrected chi connectivity index (χ3v) is 9.99. The van der Waals surface area contributed by atoms with Crippen LogP contribution in [0.25, 0.3) is 11.0 Å². The number of carboxylic acid groups (broad SMARTS) is 1. The zero-order chi connectivity index (χ0) is 35.5. The Balaban J connectivity index is 1.62. The van der Waals surface area contributed by atoms with Gasteiger partial charge in [-0.05, 0) is 55.7 Å². The largest absolute Gasteiger partial charge is 0.491 e. The maximum atomic E-state index is 14.5. The fourth-order valence-electron chi connectivity index (χ4n) is 6.71. The van der Waals surface area contributed by atoms with Crippen LogP contribution in [0.1, 0.15) is 61.9 Å². The Hall–Kier alpha value is -4.72. The fraction of sp³-hybridized carbons (Fsp3) is 0.486. The number of imidazole rings is 1. The van der Waals surface area contributed by atoms with E-state index in [0.717, 1.165) is 12.0 Å². The summed E-state index contributed by atoms with van der Waals surface area (Å²) in [4.78, 5) is 76.0. The number of fused-ring (bicyclic) bond motifs is 4. The highest BCUT2D eigenvalue weighted by molar-refractivity contribution is 6.29. The number of hydrogen-bond donors (Lipinski definition) is 3. The molecule has 0 saturated carbocycles. The maximum Gasteiger partial charge on any atom is 0.326 e. The lowest BCUT2D eigenvalue weighted by atomic mass is 9.95. The average Bonchev–Trinajstić information content (AvgIpc) is 3.45. The van der Waals surface area contributed by atoms with Gasteiger partial charge >= 0.3 is 5.97 Å². The number of aryl methyl sites for hydroxylation is 1. The molecular formula is C35H43N6O7Si. The standard InChI is InChI=1S/C35H43N6O7Si/c1-21(2)18-35(49)34(47)41-15-9-8-12-26(41)31(43)37-23(16-22-10-6-5-7-11-22)19-48-27-14-13-24-30(39(3)20-36-24)29(27)32(44)38-25(33(45)46)17-28(42)40(35)4/h5-7,10-11,13-14,20-21,23,25-26H,8-9,12,15-19H2,1-4H3,(H,37,43)(H,38,44)(H,45,46)/t23-,25+,26-,35+/m1/s1. The Morgan fingerprint density at radius 2 is 1.82 bits per heavy atom. The molecule has 1 aromatic heterocycles. The summed E-state index contributed by atoms with van der Waals surface area (Å²) in [7, 11) is 6.82. The number of nitrogens with zero attached hydrogens (tertiary/aromatic N) is 4. The van der Waals surface area contributed by atoms with Gasteiger partial charge < -0.3 is 34.8 Å². The minimum atomic E-state index is -1.63. The third-order valence-electron chi connectivity index (χ3n) is 9.23. The summed E-state index contributed by atoms with van der Waals surface area (Å²) in [5, 5.41) is 14.2. The molecule has 0 unspecified atom stereocenters. The summed E-state index contributed by atoms with van der Waals surface area (Å²) >= 11 is 0. The molecule has 3 heterocycles. The number of amides is 4. The second-order valence-corrected chi connectivity index (χ2v) is 14.2. The molecule has 3 aromatic rings. The molecule has 49 heavy (non-hydrogen) atoms. The number of carbonyl (C=O) groups excluding carboxylic acids is 4. The summed E-state index contributed by atoms with van der Waals surface area (Å²) in [6.45, 7) is 4.08. The van der Waals surface area contributed by atoms with Crippen LogP contribution in [0, 0.1) is 5.92 Å². The van der Waals surface area contributed by atoms with E-state index in [2.05, 4.69) is 25.9 Å². The Morgan fingerprint density at radius 1 is 1.08 bits per heavy atom. The van der Waals surface area contributed by atoms with Crippen LogP contribution in [0.5, 0.6) is 5.75 Å². The smallest absolute Gasteiger partial charge is 0.326 e. The Morgan fingerprint density at radius 3 is 2.51 bits per heavy atom. The number of hydrogen-bond acceptors (Lipinski definition) is 7. The second-order valence-electron chi connectivity index (χ2n) is 13.4. The van der Waals surface area contributed by atoms with Crippen molar-refractivity contribution in [3.63, 3.8) is 0 Å². The molecule has 4 atom stereocenters. The van der Waals surface area contributed by atoms with E-state index < -0.39 is 53.4 Å². The zero-order valence-electron chi connectivity index (χ0n) is 28.3. The normalized spacial score (nSPS) is 24.5. The van der Waals surface area contributed by atoms with Crippen molar-refractivity contribution in [3.05, 3.63) is 59.9 Å². The predicted molar refractivity (Wildman–Crippen MR) is 182 cm³/mol. The van der Waals surface area contributed by atoms with E-state index in [1.807, 2.05) is 44.2 Å². The van der Waals surface area contributed by atoms with Crippen molar-refractivity contribution in [2.45, 2.75) is 75.7 Å². The highest BCUT2D eigenvalue weighted by Crippen LogP contribution is 2.30. The van der Waals surface area contributed by atoms with Crippen LogP contribution in [0.4, 0.5) is 0 Å². The summed E-state index contributed by atoms with van der Waals surface area (Å²) in [5.41, 5.74) is 1.88. The van der Waals surface area contributed by atoms with Crippen molar-refractivity contribution < 1.29 is 33.8 Å². The Bertz CT molecular complexity index is 1730. The molecule has 4 amide bonds. The lowest BCUT2D eigenvalue weighted by Crippen LogP contribution is -2.66. The average molecular weight is 688 g/mol. The van der Waals surface area contributed by atoms with Gasteiger partial charge in [0.15, 0.2) is 0 Å². The molecule has 2 aliphatic heterocycles. The number of ether oxygens (including phenoxy) is 1. The number of nitrogens with one attached hydrogen (secondary N) is 2. The maximum absolute atomic E-state index is 14.5. The van der Waals surface area contributed by atoms with Gasteiger partial charge in [-0.25, -0.2) is 9.78 Å². The zero-order valence-corrected chi connectivity index (χ0v) is 29.3. The molecule has 2 aliphatic rings. The molecular weight excluding hydrogens is 645 g/mol. The van der Waals surface area contributed by atoms with Crippen LogP contribution in [0.15, 0.2) is 48.8 Å². The molecule has 1 fully saturated rings. The molecule has 0 spiro atoms. The van der Waals surface area contributed by atoms with Gasteiger partial charge in [0, 0.05) is 20.6 Å². The van der Waals surface area contributed by atoms with E-state index in [0.29, 0.717) is 36.8 Å². The molecule has 1 saturated heterocycles. The van der Waals surface area contributed by atoms with Crippen molar-refractivity contribution in [3.8, 4) is 5.75 Å². The van der Waals surface area contributed by atoms with Crippen LogP contribution in [0.2, 0.25) is 0 Å². The van der Waals surface area contributed by atoms with Gasteiger partial charge in [0.1, 0.15) is 35.2 Å². The van der Waals surface area contributed by atoms with Crippen LogP contribution in [0.3, 0.4) is 0 Å². The quantitative estimate of drug-likeness (QED) is 0.343. The second kappa shape index (κ2) is 14.8. The van der Waals surface area contributed by atoms with Gasteiger partial charge in [0.25, 0.3) is 5.91 Å². The number of aliphatic carboxylic acids is 1. The van der Waals surface area contributed by atoms with Crippen molar-refractivity contribution in [1.29, 1.82) is 0 Å². The van der Waals surface area contributed by atoms with Crippen LogP contribution in [-0.4, -0.2) is 108 Å². The number of aromatic nitrogens is 2. The van der Waals surface area contributed by atoms with Gasteiger partial charge in [0.05, 0.1) is 40.1 Å². The summed E-state index contributed by atoms with van der Waals surface area (Å²) in [5.74, 6) is -3.60. The molecule has 0 aliphatic carbocycles. The lowest BCUT2D eigenvalue weighted by molar-refractivity contribution is -0.154. The molecule has 5 rings (SSSR count). The predicted octanol–water partition coefficient (Wildman–Crippen LogP) is 2.02. The lowest BCUT2D eigenvalue weighted by Gasteiger charge is -2.45. The number of carbonyl (C=O) groups is 5. The van der Waals surface area contributed by atoms with Crippen LogP contribution < -0.4 is 15.4 Å². The number of benzene rings is 2. The van der Waals surface area contributed by atoms with Gasteiger partial charge in [-0.3, -0.25) is 19.2 Å². The summed E-state index contributed by atoms with van der Waals surface area (Å²) in [6.07, 6.45) is 3.34. The van der Waals surface area contributed by atoms with Gasteiger partial charge in [-0.2, -0.15) is 0 Å². The first-order valence-corrected chi connectivity index (χ1v) is 17.1. The van der Waals surface area contributed by atoms with Crippen LogP contribution >= 0.6 is 0 Å². The Kier molecular flexibility index (Phi) is 10.8. The summed E-state index contributed by atoms with van der Waals surface area (Å²) in [6, 6.07) is 9.85. The van der Waals surface area contributed by atoms with Crippen LogP contribution in [-0.2, 0) is 32.6 Å². The van der Waals surface area contributed by atoms with Crippen molar-refractivity contribution >= 4 is 50.9 Å². The topological polar surface area (TPSA) is 163 Å². The number of carboxylic acids is 1. The van der Waals surface area contributed by atoms with E-state index in [4.69, 9.17) is 4.74 Å². The van der Waals surface area contributed by atoms with E-state index in [9.17, 15) is 29.1 Å². The van der Waals surface area contributed by atoms with Gasteiger partial charge in [0.2, 0.25) is 17.7 Å². The Labute approximate surface area is 288 Å². The van der Waals surface area contributed by atoms with E-state index in [1.54, 1.807) is 23.7 Å². The molecule has 0 bridgehead atoms. The fourth-order valence-corrected chi connectivity index (χ4v) is 7.38.